The molecule has 3 fully saturated rings. The minimum Gasteiger partial charge on any atom is -0.436 e. The second kappa shape index (κ2) is 13.9. The summed E-state index contributed by atoms with van der Waals surface area (Å²) >= 11 is 12.4. The molecule has 4 heterocycles. The number of carbonyl (C=O) groups excluding carboxylic acids is 3. The van der Waals surface area contributed by atoms with E-state index < -0.39 is 12.2 Å². The van der Waals surface area contributed by atoms with Gasteiger partial charge >= 0.3 is 12.1 Å². The van der Waals surface area contributed by atoms with Gasteiger partial charge in [0.25, 0.3) is 5.91 Å². The van der Waals surface area contributed by atoms with E-state index in [0.717, 1.165) is 55.8 Å². The Morgan fingerprint density at radius 2 is 1.55 bits per heavy atom. The summed E-state index contributed by atoms with van der Waals surface area (Å²) in [5.74, 6) is -0.179. The molecule has 1 unspecified atom stereocenters. The van der Waals surface area contributed by atoms with Crippen LogP contribution in [0.3, 0.4) is 0 Å². The first-order valence-corrected chi connectivity index (χ1v) is 16.4. The van der Waals surface area contributed by atoms with Crippen molar-refractivity contribution in [1.29, 1.82) is 0 Å². The summed E-state index contributed by atoms with van der Waals surface area (Å²) in [6.07, 6.45) is 1.81. The first-order chi connectivity index (χ1) is 21.4. The van der Waals surface area contributed by atoms with Gasteiger partial charge < -0.3 is 30.1 Å². The third kappa shape index (κ3) is 7.09. The van der Waals surface area contributed by atoms with Crippen molar-refractivity contribution in [3.8, 4) is 0 Å². The lowest BCUT2D eigenvalue weighted by Gasteiger charge is -2.41. The molecule has 2 aromatic rings. The molecule has 44 heavy (non-hydrogen) atoms. The number of piperidine rings is 2. The van der Waals surface area contributed by atoms with Gasteiger partial charge in [0.2, 0.25) is 0 Å². The predicted octanol–water partition coefficient (Wildman–Crippen LogP) is 4.45. The van der Waals surface area contributed by atoms with Crippen molar-refractivity contribution in [2.24, 2.45) is 0 Å². The molecule has 4 aliphatic heterocycles. The Hall–Kier alpha value is -3.05. The van der Waals surface area contributed by atoms with Crippen LogP contribution in [-0.4, -0.2) is 108 Å². The fourth-order valence-electron chi connectivity index (χ4n) is 6.84. The van der Waals surface area contributed by atoms with Crippen LogP contribution >= 0.6 is 23.2 Å². The van der Waals surface area contributed by atoms with Crippen LogP contribution in [0.15, 0.2) is 42.5 Å². The summed E-state index contributed by atoms with van der Waals surface area (Å²) in [6, 6.07) is 13.4. The van der Waals surface area contributed by atoms with Crippen LogP contribution < -0.4 is 10.6 Å². The Morgan fingerprint density at radius 1 is 0.864 bits per heavy atom. The smallest absolute Gasteiger partial charge is 0.410 e. The van der Waals surface area contributed by atoms with Gasteiger partial charge in [0.15, 0.2) is 6.10 Å². The van der Waals surface area contributed by atoms with Crippen molar-refractivity contribution in [3.05, 3.63) is 63.6 Å². The van der Waals surface area contributed by atoms with E-state index in [-0.39, 0.29) is 24.4 Å². The van der Waals surface area contributed by atoms with Crippen molar-refractivity contribution in [2.45, 2.75) is 56.8 Å². The molecule has 0 aromatic heterocycles. The molecule has 236 valence electrons. The van der Waals surface area contributed by atoms with E-state index >= 15 is 0 Å². The van der Waals surface area contributed by atoms with E-state index in [4.69, 9.17) is 27.9 Å². The van der Waals surface area contributed by atoms with Gasteiger partial charge in [-0.2, -0.15) is 0 Å². The molecule has 2 aromatic carbocycles. The van der Waals surface area contributed by atoms with Gasteiger partial charge in [-0.05, 0) is 55.0 Å². The average molecular weight is 644 g/mol. The van der Waals surface area contributed by atoms with Crippen LogP contribution in [0.4, 0.5) is 15.3 Å². The summed E-state index contributed by atoms with van der Waals surface area (Å²) in [5, 5.41) is 7.20. The highest BCUT2D eigenvalue weighted by Crippen LogP contribution is 2.29. The number of piperazine rings is 1. The van der Waals surface area contributed by atoms with Crippen molar-refractivity contribution >= 4 is 46.9 Å². The van der Waals surface area contributed by atoms with Crippen LogP contribution in [0, 0.1) is 0 Å². The number of ether oxygens (including phenoxy) is 1. The third-order valence-corrected chi connectivity index (χ3v) is 10.1. The summed E-state index contributed by atoms with van der Waals surface area (Å²) in [4.78, 5) is 48.0. The molecular weight excluding hydrogens is 603 g/mol. The van der Waals surface area contributed by atoms with Gasteiger partial charge in [0.05, 0.1) is 10.0 Å². The number of nitrogens with zero attached hydrogens (tertiary/aromatic N) is 4. The number of hydrogen-bond acceptors (Lipinski definition) is 6. The van der Waals surface area contributed by atoms with E-state index in [1.54, 1.807) is 17.0 Å². The van der Waals surface area contributed by atoms with E-state index in [0.29, 0.717) is 61.7 Å². The number of benzene rings is 2. The van der Waals surface area contributed by atoms with Gasteiger partial charge in [-0.15, -0.1) is 0 Å². The summed E-state index contributed by atoms with van der Waals surface area (Å²) in [6.45, 7) is 6.75. The van der Waals surface area contributed by atoms with Crippen LogP contribution in [-0.2, 0) is 22.5 Å². The van der Waals surface area contributed by atoms with Gasteiger partial charge in [-0.25, -0.2) is 9.59 Å². The SMILES string of the molecule is O=C(OC(Cc1ccc(Cl)c(Cl)c1)C(=O)N1CCC(N2CCNCC2)CC1)N1CCC(N2Cc3ccccc3NC2=O)CC1. The Balaban J connectivity index is 1.08. The normalized spacial score (nSPS) is 21.0. The number of fused-ring (bicyclic) bond motifs is 1. The minimum absolute atomic E-state index is 0.0121. The highest BCUT2D eigenvalue weighted by Gasteiger charge is 2.36. The molecule has 6 rings (SSSR count). The topological polar surface area (TPSA) is 97.5 Å². The van der Waals surface area contributed by atoms with Crippen LogP contribution in [0.25, 0.3) is 0 Å². The molecule has 0 saturated carbocycles. The molecule has 3 saturated heterocycles. The standard InChI is InChI=1S/C32H40Cl2N6O4/c33-26-6-5-22(19-27(26)34)20-29(30(41)38-13-7-24(8-14-38)37-17-11-35-12-18-37)44-32(43)39-15-9-25(10-16-39)40-21-23-3-1-2-4-28(23)36-31(40)42/h1-6,19,24-25,29,35H,7-18,20-21H2,(H,36,42). The molecule has 2 N–H and O–H groups in total. The van der Waals surface area contributed by atoms with E-state index in [1.807, 2.05) is 40.1 Å². The third-order valence-electron chi connectivity index (χ3n) is 9.39. The molecule has 0 radical (unpaired) electrons. The van der Waals surface area contributed by atoms with Crippen LogP contribution in [0.2, 0.25) is 10.0 Å². The number of nitrogens with one attached hydrogen (secondary N) is 2. The largest absolute Gasteiger partial charge is 0.436 e. The Morgan fingerprint density at radius 3 is 2.27 bits per heavy atom. The second-order valence-electron chi connectivity index (χ2n) is 12.1. The highest BCUT2D eigenvalue weighted by atomic mass is 35.5. The first-order valence-electron chi connectivity index (χ1n) is 15.6. The lowest BCUT2D eigenvalue weighted by molar-refractivity contribution is -0.142. The summed E-state index contributed by atoms with van der Waals surface area (Å²) < 4.78 is 5.98. The van der Waals surface area contributed by atoms with Crippen molar-refractivity contribution < 1.29 is 19.1 Å². The number of carbonyl (C=O) groups is 3. The number of hydrogen-bond donors (Lipinski definition) is 2. The van der Waals surface area contributed by atoms with Gasteiger partial charge in [0, 0.05) is 83.1 Å². The van der Waals surface area contributed by atoms with E-state index in [2.05, 4.69) is 15.5 Å². The van der Waals surface area contributed by atoms with Crippen molar-refractivity contribution in [3.63, 3.8) is 0 Å². The number of halogens is 2. The van der Waals surface area contributed by atoms with Gasteiger partial charge in [-0.1, -0.05) is 47.5 Å². The molecule has 1 atom stereocenters. The number of rotatable bonds is 6. The van der Waals surface area contributed by atoms with Crippen LogP contribution in [0.1, 0.15) is 36.8 Å². The maximum Gasteiger partial charge on any atom is 0.410 e. The zero-order valence-corrected chi connectivity index (χ0v) is 26.4. The van der Waals surface area contributed by atoms with Gasteiger partial charge in [-0.3, -0.25) is 9.69 Å². The summed E-state index contributed by atoms with van der Waals surface area (Å²) in [7, 11) is 0. The van der Waals surface area contributed by atoms with Crippen molar-refractivity contribution in [1.82, 2.24) is 24.9 Å². The zero-order chi connectivity index (χ0) is 30.6. The monoisotopic (exact) mass is 642 g/mol. The predicted molar refractivity (Wildman–Crippen MR) is 170 cm³/mol. The maximum absolute atomic E-state index is 13.8. The fourth-order valence-corrected chi connectivity index (χ4v) is 7.16. The number of anilines is 1. The zero-order valence-electron chi connectivity index (χ0n) is 24.9. The molecule has 10 nitrogen and oxygen atoms in total. The molecule has 0 aliphatic carbocycles. The van der Waals surface area contributed by atoms with Crippen LogP contribution in [0.5, 0.6) is 0 Å². The molecule has 4 amide bonds. The maximum atomic E-state index is 13.8. The Labute approximate surface area is 268 Å². The number of amides is 4. The Kier molecular flexibility index (Phi) is 9.80. The Bertz CT molecular complexity index is 1360. The van der Waals surface area contributed by atoms with E-state index in [1.165, 1.54) is 0 Å². The van der Waals surface area contributed by atoms with Gasteiger partial charge in [0.1, 0.15) is 0 Å². The fraction of sp³-hybridized carbons (Fsp3) is 0.531. The lowest BCUT2D eigenvalue weighted by atomic mass is 10.0. The second-order valence-corrected chi connectivity index (χ2v) is 12.9. The molecule has 0 bridgehead atoms. The number of likely N-dealkylation sites (tertiary alicyclic amines) is 2. The molecule has 0 spiro atoms. The minimum atomic E-state index is -0.974. The first kappa shape index (κ1) is 31.0. The number of urea groups is 1. The average Bonchev–Trinajstić information content (AvgIpc) is 3.06. The number of para-hydroxylation sites is 1. The molecule has 12 heteroatoms. The van der Waals surface area contributed by atoms with E-state index in [9.17, 15) is 14.4 Å². The quantitative estimate of drug-likeness (QED) is 0.483. The summed E-state index contributed by atoms with van der Waals surface area (Å²) in [5.41, 5.74) is 2.70. The molecule has 4 aliphatic rings. The van der Waals surface area contributed by atoms with Crippen molar-refractivity contribution in [2.75, 3.05) is 57.7 Å². The molecular formula is C32H40Cl2N6O4. The highest BCUT2D eigenvalue weighted by molar-refractivity contribution is 6.42. The lowest BCUT2D eigenvalue weighted by Crippen LogP contribution is -2.54.